The van der Waals surface area contributed by atoms with E-state index in [2.05, 4.69) is 35.9 Å². The third-order valence-corrected chi connectivity index (χ3v) is 5.81. The number of nitrogen functional groups attached to an aromatic ring is 2. The highest BCUT2D eigenvalue weighted by Crippen LogP contribution is 2.32. The van der Waals surface area contributed by atoms with Crippen molar-refractivity contribution in [3.63, 3.8) is 0 Å². The van der Waals surface area contributed by atoms with Crippen LogP contribution < -0.4 is 22.3 Å². The van der Waals surface area contributed by atoms with Gasteiger partial charge in [0.1, 0.15) is 11.9 Å². The van der Waals surface area contributed by atoms with Crippen LogP contribution in [0.2, 0.25) is 0 Å². The highest BCUT2D eigenvalue weighted by Gasteiger charge is 2.43. The van der Waals surface area contributed by atoms with Crippen molar-refractivity contribution in [1.82, 2.24) is 35.9 Å². The van der Waals surface area contributed by atoms with Crippen molar-refractivity contribution < 1.29 is 32.7 Å². The molecule has 0 bridgehead atoms. The number of aliphatic carboxylic acids is 1. The molecule has 0 aliphatic carbocycles. The number of nitrogens with one attached hydrogen (secondary N) is 3. The van der Waals surface area contributed by atoms with E-state index in [0.717, 1.165) is 0 Å². The predicted octanol–water partition coefficient (Wildman–Crippen LogP) is 0.501. The van der Waals surface area contributed by atoms with Gasteiger partial charge in [-0.1, -0.05) is 17.3 Å². The summed E-state index contributed by atoms with van der Waals surface area (Å²) >= 11 is 0. The lowest BCUT2D eigenvalue weighted by molar-refractivity contribution is -0.173. The summed E-state index contributed by atoms with van der Waals surface area (Å²) in [6.07, 6.45) is -5.43. The van der Waals surface area contributed by atoms with Crippen molar-refractivity contribution in [3.05, 3.63) is 57.1 Å². The van der Waals surface area contributed by atoms with E-state index in [0.29, 0.717) is 0 Å². The maximum atomic E-state index is 13.3. The maximum absolute atomic E-state index is 13.3. The fraction of sp³-hybridized carbons (Fsp3) is 0.364. The molecule has 0 spiro atoms. The van der Waals surface area contributed by atoms with Gasteiger partial charge in [-0.2, -0.15) is 23.4 Å². The Morgan fingerprint density at radius 3 is 2.33 bits per heavy atom. The number of ketones is 1. The zero-order chi connectivity index (χ0) is 28.7. The molecule has 0 aliphatic heterocycles. The number of carbonyl (C=O) groups excluding carboxylic acids is 2. The molecule has 8 N–H and O–H groups in total. The van der Waals surface area contributed by atoms with E-state index in [-0.39, 0.29) is 66.4 Å². The number of nitrogens with two attached hydrogens (primary N) is 2. The van der Waals surface area contributed by atoms with Gasteiger partial charge in [-0.05, 0) is 43.4 Å². The number of alkyl halides is 3. The number of carboxylic acid groups (broad SMARTS) is 1. The van der Waals surface area contributed by atoms with E-state index < -0.39 is 41.4 Å². The fourth-order valence-electron chi connectivity index (χ4n) is 3.83. The van der Waals surface area contributed by atoms with Crippen LogP contribution in [-0.2, 0) is 22.4 Å². The summed E-state index contributed by atoms with van der Waals surface area (Å²) < 4.78 is 40.0. The number of hydrogen-bond donors (Lipinski definition) is 6. The average Bonchev–Trinajstić information content (AvgIpc) is 3.38. The Morgan fingerprint density at radius 2 is 1.77 bits per heavy atom. The van der Waals surface area contributed by atoms with Crippen molar-refractivity contribution in [2.24, 2.45) is 0 Å². The zero-order valence-corrected chi connectivity index (χ0v) is 20.2. The minimum absolute atomic E-state index is 0.0157. The number of amides is 1. The summed E-state index contributed by atoms with van der Waals surface area (Å²) in [7, 11) is 0. The summed E-state index contributed by atoms with van der Waals surface area (Å²) in [5.41, 5.74) is 10.4. The SMILES string of the molecule is Nc1nc(N)c(CCCC(C(=O)C(F)(F)F)c2ccc(C(=O)N[C@@H](CCc3nn[nH]n3)C(=O)O)cc2)c(=O)[nH]1. The van der Waals surface area contributed by atoms with Gasteiger partial charge in [0.2, 0.25) is 11.7 Å². The van der Waals surface area contributed by atoms with Crippen LogP contribution in [0.3, 0.4) is 0 Å². The zero-order valence-electron chi connectivity index (χ0n) is 20.2. The second-order valence-corrected chi connectivity index (χ2v) is 8.47. The van der Waals surface area contributed by atoms with Gasteiger partial charge in [0.25, 0.3) is 11.5 Å². The van der Waals surface area contributed by atoms with E-state index in [9.17, 15) is 37.5 Å². The third kappa shape index (κ3) is 7.59. The Bertz CT molecular complexity index is 1380. The number of carboxylic acids is 1. The molecule has 3 aromatic rings. The van der Waals surface area contributed by atoms with Gasteiger partial charge in [0.15, 0.2) is 5.82 Å². The van der Waals surface area contributed by atoms with Crippen LogP contribution in [0, 0.1) is 0 Å². The molecule has 17 heteroatoms. The van der Waals surface area contributed by atoms with Gasteiger partial charge in [0, 0.05) is 12.0 Å². The molecular formula is C22H24F3N9O5. The van der Waals surface area contributed by atoms with Crippen molar-refractivity contribution in [2.45, 2.75) is 50.2 Å². The molecule has 14 nitrogen and oxygen atoms in total. The summed E-state index contributed by atoms with van der Waals surface area (Å²) in [5.74, 6) is -5.84. The van der Waals surface area contributed by atoms with E-state index in [1.54, 1.807) is 0 Å². The number of rotatable bonds is 12. The smallest absolute Gasteiger partial charge is 0.450 e. The van der Waals surface area contributed by atoms with E-state index in [1.807, 2.05) is 0 Å². The van der Waals surface area contributed by atoms with Gasteiger partial charge in [-0.3, -0.25) is 19.4 Å². The molecule has 2 heterocycles. The van der Waals surface area contributed by atoms with Crippen LogP contribution in [-0.4, -0.2) is 65.6 Å². The second kappa shape index (κ2) is 12.1. The quantitative estimate of drug-likeness (QED) is 0.181. The number of Topliss-reactive ketones (excluding diaryl/α,β-unsaturated/α-hetero) is 1. The summed E-state index contributed by atoms with van der Waals surface area (Å²) in [6.45, 7) is 0. The molecule has 1 aromatic carbocycles. The van der Waals surface area contributed by atoms with E-state index in [4.69, 9.17) is 11.5 Å². The Balaban J connectivity index is 1.71. The maximum Gasteiger partial charge on any atom is 0.450 e. The van der Waals surface area contributed by atoms with Crippen LogP contribution in [0.1, 0.15) is 52.5 Å². The lowest BCUT2D eigenvalue weighted by atomic mass is 9.88. The number of halogens is 3. The van der Waals surface area contributed by atoms with Gasteiger partial charge in [0.05, 0.1) is 11.5 Å². The first kappa shape index (κ1) is 28.7. The standard InChI is InChI=1S/C22H24F3N9O5/c23-22(24,25)16(35)12(2-1-3-13-17(26)29-21(27)30-19(13)37)10-4-6-11(7-5-10)18(36)28-14(20(38)39)8-9-15-31-33-34-32-15/h4-7,12,14H,1-3,8-9H2,(H,28,36)(H,38,39)(H,31,32,33,34)(H5,26,27,29,30,37)/t12?,14-/m0/s1. The van der Waals surface area contributed by atoms with Crippen molar-refractivity contribution in [3.8, 4) is 0 Å². The minimum atomic E-state index is -5.13. The van der Waals surface area contributed by atoms with Crippen LogP contribution in [0.25, 0.3) is 0 Å². The number of aromatic amines is 2. The first-order valence-corrected chi connectivity index (χ1v) is 11.5. The van der Waals surface area contributed by atoms with Crippen LogP contribution in [0.4, 0.5) is 24.9 Å². The topological polar surface area (TPSA) is 236 Å². The molecule has 1 unspecified atom stereocenters. The molecule has 208 valence electrons. The molecule has 39 heavy (non-hydrogen) atoms. The van der Waals surface area contributed by atoms with Gasteiger partial charge in [-0.15, -0.1) is 10.2 Å². The molecular weight excluding hydrogens is 527 g/mol. The van der Waals surface area contributed by atoms with Crippen LogP contribution in [0.15, 0.2) is 29.1 Å². The lowest BCUT2D eigenvalue weighted by Gasteiger charge is -2.19. The van der Waals surface area contributed by atoms with Crippen LogP contribution >= 0.6 is 0 Å². The number of nitrogens with zero attached hydrogens (tertiary/aromatic N) is 4. The predicted molar refractivity (Wildman–Crippen MR) is 128 cm³/mol. The monoisotopic (exact) mass is 551 g/mol. The highest BCUT2D eigenvalue weighted by molar-refractivity contribution is 5.97. The van der Waals surface area contributed by atoms with Crippen molar-refractivity contribution >= 4 is 29.4 Å². The molecule has 0 radical (unpaired) electrons. The van der Waals surface area contributed by atoms with Gasteiger partial charge >= 0.3 is 12.1 Å². The van der Waals surface area contributed by atoms with Gasteiger partial charge < -0.3 is 21.9 Å². The summed E-state index contributed by atoms with van der Waals surface area (Å²) in [4.78, 5) is 54.3. The number of hydrogen-bond acceptors (Lipinski definition) is 10. The highest BCUT2D eigenvalue weighted by atomic mass is 19.4. The number of H-pyrrole nitrogens is 2. The number of tetrazole rings is 1. The molecule has 0 aliphatic rings. The number of aromatic nitrogens is 6. The largest absolute Gasteiger partial charge is 0.480 e. The molecule has 0 saturated carbocycles. The minimum Gasteiger partial charge on any atom is -0.480 e. The van der Waals surface area contributed by atoms with E-state index >= 15 is 0 Å². The number of anilines is 2. The molecule has 0 fully saturated rings. The Hall–Kier alpha value is -4.83. The lowest BCUT2D eigenvalue weighted by Crippen LogP contribution is -2.41. The molecule has 0 saturated heterocycles. The summed E-state index contributed by atoms with van der Waals surface area (Å²) in [6, 6.07) is 3.45. The number of aryl methyl sites for hydroxylation is 1. The first-order valence-electron chi connectivity index (χ1n) is 11.5. The molecule has 3 rings (SSSR count). The third-order valence-electron chi connectivity index (χ3n) is 5.81. The van der Waals surface area contributed by atoms with E-state index in [1.165, 1.54) is 24.3 Å². The average molecular weight is 551 g/mol. The molecule has 1 amide bonds. The molecule has 2 aromatic heterocycles. The van der Waals surface area contributed by atoms with Gasteiger partial charge in [-0.25, -0.2) is 4.79 Å². The number of carbonyl (C=O) groups is 3. The Labute approximate surface area is 217 Å². The normalized spacial score (nSPS) is 13.0. The Kier molecular flexibility index (Phi) is 8.95. The fourth-order valence-corrected chi connectivity index (χ4v) is 3.83. The van der Waals surface area contributed by atoms with Crippen molar-refractivity contribution in [1.29, 1.82) is 0 Å². The van der Waals surface area contributed by atoms with Crippen LogP contribution in [0.5, 0.6) is 0 Å². The molecule has 2 atom stereocenters. The number of benzene rings is 1. The van der Waals surface area contributed by atoms with Crippen molar-refractivity contribution in [2.75, 3.05) is 11.5 Å². The Morgan fingerprint density at radius 1 is 1.08 bits per heavy atom. The second-order valence-electron chi connectivity index (χ2n) is 8.47. The first-order chi connectivity index (χ1) is 18.4. The summed E-state index contributed by atoms with van der Waals surface area (Å²) in [5, 5.41) is 24.7.